The summed E-state index contributed by atoms with van der Waals surface area (Å²) in [6, 6.07) is 10.4. The molecule has 0 aliphatic rings. The third-order valence-corrected chi connectivity index (χ3v) is 8.58. The van der Waals surface area contributed by atoms with Gasteiger partial charge in [-0.3, -0.25) is 9.59 Å². The maximum Gasteiger partial charge on any atom is 0.313 e. The van der Waals surface area contributed by atoms with Gasteiger partial charge in [0.25, 0.3) is 0 Å². The Morgan fingerprint density at radius 3 is 1.73 bits per heavy atom. The number of ether oxygens (including phenoxy) is 9. The Balaban J connectivity index is 1.14. The molecule has 0 fully saturated rings. The van der Waals surface area contributed by atoms with E-state index >= 15 is 0 Å². The van der Waals surface area contributed by atoms with E-state index in [2.05, 4.69) is 53.2 Å². The fourth-order valence-electron chi connectivity index (χ4n) is 5.25. The first-order valence-corrected chi connectivity index (χ1v) is 22.0. The summed E-state index contributed by atoms with van der Waals surface area (Å²) in [5.74, 6) is -1.09. The van der Waals surface area contributed by atoms with Gasteiger partial charge in [0.05, 0.1) is 112 Å². The van der Waals surface area contributed by atoms with Gasteiger partial charge in [0.1, 0.15) is 5.82 Å². The Morgan fingerprint density at radius 2 is 1.15 bits per heavy atom. The molecule has 1 aromatic heterocycles. The molecule has 3 rings (SSSR count). The van der Waals surface area contributed by atoms with Crippen LogP contribution in [0.3, 0.4) is 0 Å². The summed E-state index contributed by atoms with van der Waals surface area (Å²) in [6.07, 6.45) is 1.99. The quantitative estimate of drug-likeness (QED) is 0.0148. The molecule has 1 amide bonds. The van der Waals surface area contributed by atoms with E-state index in [1.165, 1.54) is 24.3 Å². The standard InChI is InChI=1S/C43H64F2N10O11/c1-2-3-11-47-41-52-42(54-43(53-41)50-33-34-5-4-6-36(44)30-34)48-12-16-60-20-18-58-14-9-39(56)49-32-35-7-8-38(37(45)31-35)66-40(57)10-15-59-19-22-62-24-26-64-28-29-65-27-25-63-23-21-61-17-13-51-55-46/h4-8,30-31H,2-3,9-29,32-33H2,1H3,(H,49,56)(H3,47,48,50,52,53,54). The second-order valence-electron chi connectivity index (χ2n) is 13.9. The van der Waals surface area contributed by atoms with Crippen LogP contribution < -0.4 is 26.0 Å². The topological polar surface area (TPSA) is 253 Å². The third kappa shape index (κ3) is 27.8. The minimum atomic E-state index is -0.735. The molecule has 21 nitrogen and oxygen atoms in total. The molecule has 366 valence electrons. The van der Waals surface area contributed by atoms with Crippen LogP contribution in [0.25, 0.3) is 10.4 Å². The van der Waals surface area contributed by atoms with Crippen LogP contribution in [0.4, 0.5) is 26.6 Å². The van der Waals surface area contributed by atoms with E-state index in [1.54, 1.807) is 12.1 Å². The number of rotatable bonds is 41. The second kappa shape index (κ2) is 36.8. The van der Waals surface area contributed by atoms with Gasteiger partial charge in [-0.05, 0) is 47.3 Å². The molecule has 0 aliphatic heterocycles. The molecule has 0 saturated heterocycles. The SMILES string of the molecule is CCCCNc1nc(NCCOCCOCCC(=O)NCc2ccc(OC(=O)CCOCCOCCOCCOCCOCCOCCN=[N+]=[N-])c(F)c2)nc(NCc2cccc(F)c2)n1. The number of nitrogens with one attached hydrogen (secondary N) is 4. The van der Waals surface area contributed by atoms with Crippen LogP contribution in [-0.4, -0.2) is 152 Å². The molecule has 4 N–H and O–H groups in total. The number of carbonyl (C=O) groups is 2. The lowest BCUT2D eigenvalue weighted by atomic mass is 10.2. The molecule has 0 radical (unpaired) electrons. The van der Waals surface area contributed by atoms with Crippen molar-refractivity contribution in [3.05, 3.63) is 75.7 Å². The second-order valence-corrected chi connectivity index (χ2v) is 13.9. The highest BCUT2D eigenvalue weighted by Gasteiger charge is 2.12. The van der Waals surface area contributed by atoms with Gasteiger partial charge in [0.15, 0.2) is 11.6 Å². The fraction of sp³-hybridized carbons (Fsp3) is 0.605. The number of benzene rings is 2. The van der Waals surface area contributed by atoms with Crippen molar-refractivity contribution in [3.8, 4) is 5.75 Å². The van der Waals surface area contributed by atoms with Crippen molar-refractivity contribution < 1.29 is 61.0 Å². The number of carbonyl (C=O) groups excluding carboxylic acids is 2. The molecule has 23 heteroatoms. The van der Waals surface area contributed by atoms with Crippen LogP contribution in [-0.2, 0) is 60.6 Å². The number of hydrogen-bond donors (Lipinski definition) is 4. The van der Waals surface area contributed by atoms with Gasteiger partial charge in [0.2, 0.25) is 23.8 Å². The van der Waals surface area contributed by atoms with Crippen LogP contribution in [0.15, 0.2) is 47.6 Å². The Morgan fingerprint density at radius 1 is 0.621 bits per heavy atom. The summed E-state index contributed by atoms with van der Waals surface area (Å²) >= 11 is 0. The summed E-state index contributed by atoms with van der Waals surface area (Å²) in [4.78, 5) is 40.4. The van der Waals surface area contributed by atoms with Gasteiger partial charge < -0.3 is 63.9 Å². The van der Waals surface area contributed by atoms with Gasteiger partial charge >= 0.3 is 5.97 Å². The lowest BCUT2D eigenvalue weighted by Crippen LogP contribution is -2.24. The smallest absolute Gasteiger partial charge is 0.313 e. The zero-order valence-electron chi connectivity index (χ0n) is 37.6. The van der Waals surface area contributed by atoms with Crippen molar-refractivity contribution in [2.45, 2.75) is 45.7 Å². The predicted octanol–water partition coefficient (Wildman–Crippen LogP) is 4.83. The van der Waals surface area contributed by atoms with Crippen molar-refractivity contribution >= 4 is 29.7 Å². The number of aromatic nitrogens is 3. The first-order chi connectivity index (χ1) is 32.4. The summed E-state index contributed by atoms with van der Waals surface area (Å²) in [5, 5.41) is 15.5. The van der Waals surface area contributed by atoms with Crippen LogP contribution in [0.1, 0.15) is 43.7 Å². The number of anilines is 3. The number of amides is 1. The average molecular weight is 935 g/mol. The number of halogens is 2. The summed E-state index contributed by atoms with van der Waals surface area (Å²) in [6.45, 7) is 9.33. The van der Waals surface area contributed by atoms with E-state index in [4.69, 9.17) is 48.2 Å². The largest absolute Gasteiger partial charge is 0.423 e. The minimum Gasteiger partial charge on any atom is -0.423 e. The normalized spacial score (nSPS) is 11.0. The van der Waals surface area contributed by atoms with Crippen molar-refractivity contribution in [3.63, 3.8) is 0 Å². The Hall–Kier alpha value is -5.36. The van der Waals surface area contributed by atoms with E-state index in [-0.39, 0.29) is 63.3 Å². The Kier molecular flexibility index (Phi) is 30.7. The molecule has 0 atom stereocenters. The first-order valence-electron chi connectivity index (χ1n) is 22.0. The molecule has 0 saturated carbocycles. The van der Waals surface area contributed by atoms with Gasteiger partial charge in [-0.15, -0.1) is 0 Å². The number of esters is 1. The zero-order valence-corrected chi connectivity index (χ0v) is 37.6. The van der Waals surface area contributed by atoms with Crippen LogP contribution in [0.2, 0.25) is 0 Å². The lowest BCUT2D eigenvalue weighted by molar-refractivity contribution is -0.136. The molecule has 2 aromatic carbocycles. The maximum atomic E-state index is 14.6. The molecule has 1 heterocycles. The average Bonchev–Trinajstić information content (AvgIpc) is 3.31. The van der Waals surface area contributed by atoms with Crippen molar-refractivity contribution in [2.75, 3.05) is 141 Å². The summed E-state index contributed by atoms with van der Waals surface area (Å²) < 4.78 is 76.7. The summed E-state index contributed by atoms with van der Waals surface area (Å²) in [5.41, 5.74) is 9.41. The highest BCUT2D eigenvalue weighted by molar-refractivity contribution is 5.76. The molecule has 0 spiro atoms. The maximum absolute atomic E-state index is 14.6. The first kappa shape index (κ1) is 55.0. The lowest BCUT2D eigenvalue weighted by Gasteiger charge is -2.12. The fourth-order valence-corrected chi connectivity index (χ4v) is 5.25. The molecular weight excluding hydrogens is 871 g/mol. The molecular formula is C43H64F2N10O11. The summed E-state index contributed by atoms with van der Waals surface area (Å²) in [7, 11) is 0. The Labute approximate surface area is 383 Å². The number of unbranched alkanes of at least 4 members (excludes halogenated alkanes) is 1. The molecule has 0 aliphatic carbocycles. The Bertz CT molecular complexity index is 1840. The third-order valence-electron chi connectivity index (χ3n) is 8.58. The van der Waals surface area contributed by atoms with E-state index in [9.17, 15) is 18.4 Å². The number of hydrogen-bond acceptors (Lipinski definition) is 18. The van der Waals surface area contributed by atoms with Crippen LogP contribution >= 0.6 is 0 Å². The molecule has 0 bridgehead atoms. The van der Waals surface area contributed by atoms with E-state index in [1.807, 2.05) is 6.07 Å². The van der Waals surface area contributed by atoms with Gasteiger partial charge in [-0.25, -0.2) is 8.78 Å². The minimum absolute atomic E-state index is 0.0766. The van der Waals surface area contributed by atoms with E-state index in [0.29, 0.717) is 129 Å². The van der Waals surface area contributed by atoms with Crippen molar-refractivity contribution in [1.29, 1.82) is 0 Å². The predicted molar refractivity (Wildman–Crippen MR) is 239 cm³/mol. The highest BCUT2D eigenvalue weighted by Crippen LogP contribution is 2.19. The molecule has 66 heavy (non-hydrogen) atoms. The number of azide groups is 1. The highest BCUT2D eigenvalue weighted by atomic mass is 19.1. The van der Waals surface area contributed by atoms with E-state index < -0.39 is 11.8 Å². The van der Waals surface area contributed by atoms with Crippen LogP contribution in [0.5, 0.6) is 5.75 Å². The number of nitrogens with zero attached hydrogens (tertiary/aromatic N) is 6. The van der Waals surface area contributed by atoms with Crippen LogP contribution in [0, 0.1) is 11.6 Å². The van der Waals surface area contributed by atoms with Crippen molar-refractivity contribution in [1.82, 2.24) is 20.3 Å². The molecule has 3 aromatic rings. The van der Waals surface area contributed by atoms with Gasteiger partial charge in [-0.1, -0.05) is 36.7 Å². The van der Waals surface area contributed by atoms with Gasteiger partial charge in [0, 0.05) is 44.1 Å². The zero-order chi connectivity index (χ0) is 47.1. The van der Waals surface area contributed by atoms with Gasteiger partial charge in [-0.2, -0.15) is 15.0 Å². The monoisotopic (exact) mass is 934 g/mol. The molecule has 0 unspecified atom stereocenters. The van der Waals surface area contributed by atoms with Crippen molar-refractivity contribution in [2.24, 2.45) is 5.11 Å². The van der Waals surface area contributed by atoms with E-state index in [0.717, 1.165) is 18.4 Å².